The van der Waals surface area contributed by atoms with Gasteiger partial charge in [0.15, 0.2) is 11.5 Å². The zero-order valence-electron chi connectivity index (χ0n) is 12.9. The Labute approximate surface area is 143 Å². The summed E-state index contributed by atoms with van der Waals surface area (Å²) < 4.78 is 11.2. The van der Waals surface area contributed by atoms with Gasteiger partial charge in [-0.15, -0.1) is 0 Å². The van der Waals surface area contributed by atoms with Crippen LogP contribution in [0.4, 0.5) is 0 Å². The van der Waals surface area contributed by atoms with E-state index in [9.17, 15) is 9.90 Å². The summed E-state index contributed by atoms with van der Waals surface area (Å²) in [6.45, 7) is 0.445. The van der Waals surface area contributed by atoms with Crippen molar-refractivity contribution in [1.82, 2.24) is 5.32 Å². The highest BCUT2D eigenvalue weighted by molar-refractivity contribution is 9.10. The molecule has 0 heterocycles. The van der Waals surface area contributed by atoms with Crippen molar-refractivity contribution in [2.75, 3.05) is 20.8 Å². The lowest BCUT2D eigenvalue weighted by atomic mass is 10.1. The van der Waals surface area contributed by atoms with Gasteiger partial charge in [0.05, 0.1) is 19.8 Å². The van der Waals surface area contributed by atoms with Gasteiger partial charge in [-0.25, -0.2) is 0 Å². The van der Waals surface area contributed by atoms with Gasteiger partial charge in [0, 0.05) is 11.0 Å². The zero-order valence-corrected chi connectivity index (χ0v) is 14.5. The van der Waals surface area contributed by atoms with E-state index < -0.39 is 0 Å². The molecule has 0 aromatic heterocycles. The lowest BCUT2D eigenvalue weighted by molar-refractivity contribution is 0.0951. The van der Waals surface area contributed by atoms with Crippen LogP contribution in [0.25, 0.3) is 0 Å². The van der Waals surface area contributed by atoms with Crippen LogP contribution in [-0.2, 0) is 6.42 Å². The van der Waals surface area contributed by atoms with Crippen LogP contribution in [0.15, 0.2) is 40.9 Å². The maximum absolute atomic E-state index is 12.1. The van der Waals surface area contributed by atoms with Crippen LogP contribution in [0.3, 0.4) is 0 Å². The van der Waals surface area contributed by atoms with Gasteiger partial charge in [-0.3, -0.25) is 4.79 Å². The molecule has 2 rings (SSSR count). The molecule has 2 aromatic rings. The summed E-state index contributed by atoms with van der Waals surface area (Å²) in [6.07, 6.45) is 0.640. The number of benzene rings is 2. The number of aromatic hydroxyl groups is 1. The van der Waals surface area contributed by atoms with Crippen molar-refractivity contribution in [3.63, 3.8) is 0 Å². The number of hydrogen-bond acceptors (Lipinski definition) is 4. The Bertz CT molecular complexity index is 703. The monoisotopic (exact) mass is 379 g/mol. The maximum atomic E-state index is 12.1. The average molecular weight is 380 g/mol. The van der Waals surface area contributed by atoms with Gasteiger partial charge in [0.2, 0.25) is 0 Å². The Morgan fingerprint density at radius 1 is 1.13 bits per heavy atom. The second kappa shape index (κ2) is 7.87. The lowest BCUT2D eigenvalue weighted by Gasteiger charge is -2.10. The number of methoxy groups -OCH3 is 2. The average Bonchev–Trinajstić information content (AvgIpc) is 2.56. The molecule has 2 aromatic carbocycles. The molecule has 0 spiro atoms. The third-order valence-corrected chi connectivity index (χ3v) is 3.84. The summed E-state index contributed by atoms with van der Waals surface area (Å²) in [5.74, 6) is 0.960. The normalized spacial score (nSPS) is 10.2. The molecule has 23 heavy (non-hydrogen) atoms. The Kier molecular flexibility index (Phi) is 5.87. The van der Waals surface area contributed by atoms with Gasteiger partial charge in [-0.05, 0) is 42.3 Å². The molecule has 122 valence electrons. The third kappa shape index (κ3) is 4.39. The van der Waals surface area contributed by atoms with Crippen molar-refractivity contribution < 1.29 is 19.4 Å². The maximum Gasteiger partial charge on any atom is 0.255 e. The fourth-order valence-electron chi connectivity index (χ4n) is 2.14. The first-order valence-corrected chi connectivity index (χ1v) is 7.82. The number of carbonyl (C=O) groups is 1. The largest absolute Gasteiger partial charge is 0.507 e. The standard InChI is InChI=1S/C17H18BrNO4/c1-22-15-6-3-11(9-16(15)23-2)7-8-19-17(21)13-10-12(18)4-5-14(13)20/h3-6,9-10,20H,7-8H2,1-2H3,(H,19,21). The number of phenolic OH excluding ortho intramolecular Hbond substituents is 1. The van der Waals surface area contributed by atoms with Crippen molar-refractivity contribution in [1.29, 1.82) is 0 Å². The fourth-order valence-corrected chi connectivity index (χ4v) is 2.50. The zero-order chi connectivity index (χ0) is 16.8. The summed E-state index contributed by atoms with van der Waals surface area (Å²) in [4.78, 5) is 12.1. The molecule has 0 unspecified atom stereocenters. The van der Waals surface area contributed by atoms with Crippen LogP contribution in [-0.4, -0.2) is 31.8 Å². The lowest BCUT2D eigenvalue weighted by Crippen LogP contribution is -2.25. The summed E-state index contributed by atoms with van der Waals surface area (Å²) in [6, 6.07) is 10.4. The third-order valence-electron chi connectivity index (χ3n) is 3.35. The summed E-state index contributed by atoms with van der Waals surface area (Å²) in [7, 11) is 3.17. The molecule has 6 heteroatoms. The van der Waals surface area contributed by atoms with E-state index >= 15 is 0 Å². The number of carbonyl (C=O) groups excluding carboxylic acids is 1. The number of phenols is 1. The topological polar surface area (TPSA) is 67.8 Å². The van der Waals surface area contributed by atoms with E-state index in [0.29, 0.717) is 24.5 Å². The minimum absolute atomic E-state index is 0.0446. The molecule has 0 aliphatic rings. The molecule has 0 fully saturated rings. The van der Waals surface area contributed by atoms with Crippen LogP contribution in [0, 0.1) is 0 Å². The first-order valence-electron chi connectivity index (χ1n) is 7.02. The van der Waals surface area contributed by atoms with Crippen LogP contribution in [0.2, 0.25) is 0 Å². The molecule has 0 aliphatic heterocycles. The van der Waals surface area contributed by atoms with Crippen molar-refractivity contribution in [3.8, 4) is 17.2 Å². The molecule has 2 N–H and O–H groups in total. The molecular formula is C17H18BrNO4. The van der Waals surface area contributed by atoms with E-state index in [1.165, 1.54) is 6.07 Å². The van der Waals surface area contributed by atoms with E-state index in [-0.39, 0.29) is 17.2 Å². The Morgan fingerprint density at radius 2 is 1.87 bits per heavy atom. The summed E-state index contributed by atoms with van der Waals surface area (Å²) in [5.41, 5.74) is 1.26. The van der Waals surface area contributed by atoms with Gasteiger partial charge >= 0.3 is 0 Å². The second-order valence-electron chi connectivity index (χ2n) is 4.86. The molecule has 1 amide bonds. The molecule has 0 saturated carbocycles. The molecule has 0 aliphatic carbocycles. The van der Waals surface area contributed by atoms with Gasteiger partial charge in [-0.1, -0.05) is 22.0 Å². The van der Waals surface area contributed by atoms with E-state index in [0.717, 1.165) is 10.0 Å². The van der Waals surface area contributed by atoms with Crippen molar-refractivity contribution in [2.45, 2.75) is 6.42 Å². The highest BCUT2D eigenvalue weighted by atomic mass is 79.9. The van der Waals surface area contributed by atoms with E-state index in [1.54, 1.807) is 26.4 Å². The van der Waals surface area contributed by atoms with Gasteiger partial charge in [0.25, 0.3) is 5.91 Å². The number of hydrogen-bond donors (Lipinski definition) is 2. The van der Waals surface area contributed by atoms with E-state index in [1.807, 2.05) is 18.2 Å². The molecule has 0 bridgehead atoms. The Morgan fingerprint density at radius 3 is 2.57 bits per heavy atom. The van der Waals surface area contributed by atoms with Crippen molar-refractivity contribution >= 4 is 21.8 Å². The Hall–Kier alpha value is -2.21. The molecular weight excluding hydrogens is 362 g/mol. The van der Waals surface area contributed by atoms with Crippen molar-refractivity contribution in [3.05, 3.63) is 52.0 Å². The molecule has 0 saturated heterocycles. The smallest absolute Gasteiger partial charge is 0.255 e. The van der Waals surface area contributed by atoms with Gasteiger partial charge in [-0.2, -0.15) is 0 Å². The van der Waals surface area contributed by atoms with Crippen molar-refractivity contribution in [2.24, 2.45) is 0 Å². The highest BCUT2D eigenvalue weighted by Crippen LogP contribution is 2.27. The van der Waals surface area contributed by atoms with Crippen LogP contribution < -0.4 is 14.8 Å². The van der Waals surface area contributed by atoms with Crippen LogP contribution >= 0.6 is 15.9 Å². The predicted molar refractivity (Wildman–Crippen MR) is 91.4 cm³/mol. The summed E-state index contributed by atoms with van der Waals surface area (Å²) >= 11 is 3.28. The number of halogens is 1. The minimum atomic E-state index is -0.315. The first kappa shape index (κ1) is 17.1. The van der Waals surface area contributed by atoms with Gasteiger partial charge < -0.3 is 19.9 Å². The Balaban J connectivity index is 1.97. The number of ether oxygens (including phenoxy) is 2. The predicted octanol–water partition coefficient (Wildman–Crippen LogP) is 3.14. The van der Waals surface area contributed by atoms with E-state index in [2.05, 4.69) is 21.2 Å². The number of rotatable bonds is 6. The molecule has 0 atom stereocenters. The SMILES string of the molecule is COc1ccc(CCNC(=O)c2cc(Br)ccc2O)cc1OC. The number of nitrogens with one attached hydrogen (secondary N) is 1. The summed E-state index contributed by atoms with van der Waals surface area (Å²) in [5, 5.41) is 12.5. The first-order chi connectivity index (χ1) is 11.0. The second-order valence-corrected chi connectivity index (χ2v) is 5.77. The molecule has 0 radical (unpaired) electrons. The fraction of sp³-hybridized carbons (Fsp3) is 0.235. The minimum Gasteiger partial charge on any atom is -0.507 e. The quantitative estimate of drug-likeness (QED) is 0.808. The van der Waals surface area contributed by atoms with Crippen LogP contribution in [0.1, 0.15) is 15.9 Å². The number of amides is 1. The van der Waals surface area contributed by atoms with Gasteiger partial charge in [0.1, 0.15) is 5.75 Å². The van der Waals surface area contributed by atoms with Crippen LogP contribution in [0.5, 0.6) is 17.2 Å². The van der Waals surface area contributed by atoms with E-state index in [4.69, 9.17) is 9.47 Å². The molecule has 5 nitrogen and oxygen atoms in total. The highest BCUT2D eigenvalue weighted by Gasteiger charge is 2.11.